The predicted octanol–water partition coefficient (Wildman–Crippen LogP) is 4.39. The van der Waals surface area contributed by atoms with Crippen molar-refractivity contribution in [2.24, 2.45) is 0 Å². The van der Waals surface area contributed by atoms with E-state index < -0.39 is 0 Å². The van der Waals surface area contributed by atoms with Crippen molar-refractivity contribution in [2.45, 2.75) is 13.3 Å². The van der Waals surface area contributed by atoms with Crippen LogP contribution in [0, 0.1) is 12.7 Å². The highest BCUT2D eigenvalue weighted by Crippen LogP contribution is 2.32. The standard InChI is InChI=1S/C24H20FN7/c1-13-6-15(8-16(25)7-13)18-10-27-11-21-22(18)30-24(29-21)23-17-9-19(14-2-4-26-5-3-14)28-12-20(17)31-32-23/h2,6-12,26H,3-5H2,1H3,(H,29,30)(H,31,32). The lowest BCUT2D eigenvalue weighted by molar-refractivity contribution is 0.627. The van der Waals surface area contributed by atoms with Gasteiger partial charge in [0.2, 0.25) is 0 Å². The van der Waals surface area contributed by atoms with Gasteiger partial charge in [0, 0.05) is 23.7 Å². The van der Waals surface area contributed by atoms with E-state index in [1.54, 1.807) is 12.4 Å². The van der Waals surface area contributed by atoms with Crippen LogP contribution in [0.3, 0.4) is 0 Å². The van der Waals surface area contributed by atoms with E-state index in [1.165, 1.54) is 17.7 Å². The van der Waals surface area contributed by atoms with E-state index >= 15 is 0 Å². The van der Waals surface area contributed by atoms with E-state index in [0.717, 1.165) is 69.5 Å². The summed E-state index contributed by atoms with van der Waals surface area (Å²) in [6.07, 6.45) is 8.38. The molecule has 5 aromatic rings. The fourth-order valence-electron chi connectivity index (χ4n) is 4.28. The van der Waals surface area contributed by atoms with Crippen LogP contribution < -0.4 is 5.32 Å². The molecule has 1 aromatic carbocycles. The Labute approximate surface area is 182 Å². The van der Waals surface area contributed by atoms with E-state index in [1.807, 2.05) is 19.2 Å². The van der Waals surface area contributed by atoms with Crippen LogP contribution in [0.2, 0.25) is 0 Å². The van der Waals surface area contributed by atoms with Crippen LogP contribution in [-0.4, -0.2) is 43.2 Å². The minimum absolute atomic E-state index is 0.279. The van der Waals surface area contributed by atoms with E-state index in [4.69, 9.17) is 4.98 Å². The predicted molar refractivity (Wildman–Crippen MR) is 122 cm³/mol. The molecule has 3 N–H and O–H groups in total. The molecule has 0 fully saturated rings. The molecule has 0 aliphatic carbocycles. The van der Waals surface area contributed by atoms with E-state index in [9.17, 15) is 4.39 Å². The third-order valence-electron chi connectivity index (χ3n) is 5.81. The molecule has 0 radical (unpaired) electrons. The molecule has 7 nitrogen and oxygen atoms in total. The second kappa shape index (κ2) is 7.35. The molecule has 8 heteroatoms. The first-order valence-electron chi connectivity index (χ1n) is 10.5. The summed E-state index contributed by atoms with van der Waals surface area (Å²) in [5.41, 5.74) is 7.61. The van der Waals surface area contributed by atoms with Crippen LogP contribution in [0.5, 0.6) is 0 Å². The van der Waals surface area contributed by atoms with Crippen molar-refractivity contribution in [3.05, 3.63) is 66.0 Å². The summed E-state index contributed by atoms with van der Waals surface area (Å²) in [6, 6.07) is 7.01. The van der Waals surface area contributed by atoms with E-state index in [2.05, 4.69) is 42.6 Å². The maximum atomic E-state index is 14.0. The highest BCUT2D eigenvalue weighted by Gasteiger charge is 2.17. The number of hydrogen-bond donors (Lipinski definition) is 3. The molecule has 6 rings (SSSR count). The lowest BCUT2D eigenvalue weighted by Crippen LogP contribution is -2.20. The Kier molecular flexibility index (Phi) is 4.32. The molecule has 0 amide bonds. The molecule has 158 valence electrons. The molecule has 0 saturated carbocycles. The number of hydrogen-bond acceptors (Lipinski definition) is 5. The van der Waals surface area contributed by atoms with Gasteiger partial charge in [-0.3, -0.25) is 15.1 Å². The molecule has 32 heavy (non-hydrogen) atoms. The maximum Gasteiger partial charge on any atom is 0.159 e. The smallest absolute Gasteiger partial charge is 0.159 e. The van der Waals surface area contributed by atoms with Gasteiger partial charge in [-0.2, -0.15) is 5.10 Å². The van der Waals surface area contributed by atoms with Crippen LogP contribution in [0.4, 0.5) is 4.39 Å². The van der Waals surface area contributed by atoms with Gasteiger partial charge in [0.1, 0.15) is 11.5 Å². The number of aromatic amines is 2. The van der Waals surface area contributed by atoms with Crippen molar-refractivity contribution in [1.82, 2.24) is 35.5 Å². The first-order chi connectivity index (χ1) is 15.7. The Morgan fingerprint density at radius 2 is 1.97 bits per heavy atom. The molecule has 0 spiro atoms. The molecule has 0 unspecified atom stereocenters. The number of halogens is 1. The normalized spacial score (nSPS) is 14.2. The molecular formula is C24H20FN7. The Balaban J connectivity index is 1.49. The largest absolute Gasteiger partial charge is 0.335 e. The van der Waals surface area contributed by atoms with Crippen LogP contribution in [0.15, 0.2) is 48.9 Å². The number of rotatable bonds is 3. The second-order valence-corrected chi connectivity index (χ2v) is 8.06. The molecule has 0 atom stereocenters. The van der Waals surface area contributed by atoms with Gasteiger partial charge in [-0.15, -0.1) is 0 Å². The van der Waals surface area contributed by atoms with Crippen LogP contribution >= 0.6 is 0 Å². The number of imidazole rings is 1. The molecule has 4 aromatic heterocycles. The number of benzene rings is 1. The molecule has 1 aliphatic rings. The van der Waals surface area contributed by atoms with Gasteiger partial charge in [0.05, 0.1) is 34.6 Å². The van der Waals surface area contributed by atoms with Gasteiger partial charge < -0.3 is 10.3 Å². The Hall–Kier alpha value is -3.91. The van der Waals surface area contributed by atoms with Crippen molar-refractivity contribution >= 4 is 27.5 Å². The minimum Gasteiger partial charge on any atom is -0.335 e. The van der Waals surface area contributed by atoms with Gasteiger partial charge in [-0.25, -0.2) is 9.37 Å². The maximum absolute atomic E-state index is 14.0. The number of nitrogens with zero attached hydrogens (tertiary/aromatic N) is 4. The SMILES string of the molecule is Cc1cc(F)cc(-c2cncc3[nH]c(-c4n[nH]c5cnc(C6=CCNCC6)cc45)nc23)c1. The number of pyridine rings is 2. The Morgan fingerprint density at radius 1 is 1.03 bits per heavy atom. The van der Waals surface area contributed by atoms with Crippen molar-refractivity contribution in [1.29, 1.82) is 0 Å². The molecule has 1 aliphatic heterocycles. The van der Waals surface area contributed by atoms with Gasteiger partial charge in [0.25, 0.3) is 0 Å². The lowest BCUT2D eigenvalue weighted by atomic mass is 10.0. The summed E-state index contributed by atoms with van der Waals surface area (Å²) in [6.45, 7) is 3.67. The minimum atomic E-state index is -0.279. The fraction of sp³-hybridized carbons (Fsp3) is 0.167. The zero-order chi connectivity index (χ0) is 21.7. The third-order valence-corrected chi connectivity index (χ3v) is 5.81. The van der Waals surface area contributed by atoms with Gasteiger partial charge in [-0.1, -0.05) is 12.1 Å². The number of nitrogens with one attached hydrogen (secondary N) is 3. The Morgan fingerprint density at radius 3 is 2.81 bits per heavy atom. The van der Waals surface area contributed by atoms with Crippen molar-refractivity contribution in [3.8, 4) is 22.6 Å². The summed E-state index contributed by atoms with van der Waals surface area (Å²) in [5.74, 6) is 0.350. The van der Waals surface area contributed by atoms with Gasteiger partial charge >= 0.3 is 0 Å². The number of aromatic nitrogens is 6. The topological polar surface area (TPSA) is 95.2 Å². The zero-order valence-electron chi connectivity index (χ0n) is 17.4. The lowest BCUT2D eigenvalue weighted by Gasteiger charge is -2.13. The first kappa shape index (κ1) is 18.8. The summed E-state index contributed by atoms with van der Waals surface area (Å²) in [5, 5.41) is 11.8. The number of fused-ring (bicyclic) bond motifs is 2. The molecule has 0 saturated heterocycles. The summed E-state index contributed by atoms with van der Waals surface area (Å²) < 4.78 is 14.0. The Bertz CT molecular complexity index is 1490. The molecule has 0 bridgehead atoms. The highest BCUT2D eigenvalue weighted by molar-refractivity contribution is 5.97. The monoisotopic (exact) mass is 425 g/mol. The van der Waals surface area contributed by atoms with Crippen LogP contribution in [-0.2, 0) is 0 Å². The summed E-state index contributed by atoms with van der Waals surface area (Å²) >= 11 is 0. The van der Waals surface area contributed by atoms with Crippen molar-refractivity contribution in [2.75, 3.05) is 13.1 Å². The third kappa shape index (κ3) is 3.16. The summed E-state index contributed by atoms with van der Waals surface area (Å²) in [4.78, 5) is 17.1. The van der Waals surface area contributed by atoms with Gasteiger partial charge in [-0.05, 0) is 54.8 Å². The molecule has 5 heterocycles. The van der Waals surface area contributed by atoms with E-state index in [-0.39, 0.29) is 5.82 Å². The van der Waals surface area contributed by atoms with Crippen molar-refractivity contribution in [3.63, 3.8) is 0 Å². The number of aryl methyl sites for hydroxylation is 1. The second-order valence-electron chi connectivity index (χ2n) is 8.06. The quantitative estimate of drug-likeness (QED) is 0.399. The molecular weight excluding hydrogens is 405 g/mol. The van der Waals surface area contributed by atoms with Crippen molar-refractivity contribution < 1.29 is 4.39 Å². The fourth-order valence-corrected chi connectivity index (χ4v) is 4.28. The summed E-state index contributed by atoms with van der Waals surface area (Å²) in [7, 11) is 0. The highest BCUT2D eigenvalue weighted by atomic mass is 19.1. The van der Waals surface area contributed by atoms with Gasteiger partial charge in [0.15, 0.2) is 5.82 Å². The van der Waals surface area contributed by atoms with Crippen LogP contribution in [0.1, 0.15) is 17.7 Å². The zero-order valence-corrected chi connectivity index (χ0v) is 17.4. The first-order valence-corrected chi connectivity index (χ1v) is 10.5. The number of H-pyrrole nitrogens is 2. The average molecular weight is 425 g/mol. The van der Waals surface area contributed by atoms with Crippen LogP contribution in [0.25, 0.3) is 50.2 Å². The average Bonchev–Trinajstić information content (AvgIpc) is 3.42. The van der Waals surface area contributed by atoms with E-state index in [0.29, 0.717) is 5.82 Å².